The van der Waals surface area contributed by atoms with Gasteiger partial charge in [0, 0.05) is 42.2 Å². The number of benzene rings is 1. The van der Waals surface area contributed by atoms with Crippen molar-refractivity contribution < 1.29 is 4.79 Å². The summed E-state index contributed by atoms with van der Waals surface area (Å²) in [6, 6.07) is 7.77. The van der Waals surface area contributed by atoms with Crippen LogP contribution in [0.3, 0.4) is 0 Å². The molecular weight excluding hydrogens is 302 g/mol. The lowest BCUT2D eigenvalue weighted by Crippen LogP contribution is -2.45. The number of hydrogen-bond donors (Lipinski definition) is 1. The fourth-order valence-electron chi connectivity index (χ4n) is 3.97. The standard InChI is InChI=1S/C18H23N5O/c1-2-23-16(20-12-21-23)13-4-6-14(7-5-13)17(24)22-10-15(19)18(11-22)8-3-9-18/h4-7,12,15H,2-3,8-11,19H2,1H3. The second-order valence-electron chi connectivity index (χ2n) is 6.98. The number of amides is 1. The van der Waals surface area contributed by atoms with Gasteiger partial charge in [-0.3, -0.25) is 4.79 Å². The van der Waals surface area contributed by atoms with Crippen molar-refractivity contribution in [3.63, 3.8) is 0 Å². The van der Waals surface area contributed by atoms with Crippen molar-refractivity contribution in [2.24, 2.45) is 11.1 Å². The average Bonchev–Trinajstić information content (AvgIpc) is 3.18. The summed E-state index contributed by atoms with van der Waals surface area (Å²) in [7, 11) is 0. The van der Waals surface area contributed by atoms with E-state index in [4.69, 9.17) is 5.73 Å². The quantitative estimate of drug-likeness (QED) is 0.935. The van der Waals surface area contributed by atoms with Crippen LogP contribution in [0, 0.1) is 5.41 Å². The molecule has 1 unspecified atom stereocenters. The summed E-state index contributed by atoms with van der Waals surface area (Å²) < 4.78 is 1.84. The topological polar surface area (TPSA) is 77.0 Å². The Morgan fingerprint density at radius 1 is 1.33 bits per heavy atom. The predicted molar refractivity (Wildman–Crippen MR) is 91.3 cm³/mol. The number of aromatic nitrogens is 3. The highest BCUT2D eigenvalue weighted by atomic mass is 16.2. The van der Waals surface area contributed by atoms with Crippen LogP contribution in [0.4, 0.5) is 0 Å². The molecule has 0 bridgehead atoms. The van der Waals surface area contributed by atoms with Crippen molar-refractivity contribution in [3.8, 4) is 11.4 Å². The van der Waals surface area contributed by atoms with E-state index in [9.17, 15) is 4.79 Å². The van der Waals surface area contributed by atoms with Gasteiger partial charge in [0.15, 0.2) is 5.82 Å². The largest absolute Gasteiger partial charge is 0.336 e. The van der Waals surface area contributed by atoms with E-state index in [1.165, 1.54) is 6.42 Å². The van der Waals surface area contributed by atoms with E-state index in [-0.39, 0.29) is 17.4 Å². The summed E-state index contributed by atoms with van der Waals surface area (Å²) in [5, 5.41) is 4.19. The number of carbonyl (C=O) groups is 1. The van der Waals surface area contributed by atoms with Gasteiger partial charge >= 0.3 is 0 Å². The number of likely N-dealkylation sites (tertiary alicyclic amines) is 1. The molecule has 2 aromatic rings. The monoisotopic (exact) mass is 325 g/mol. The first-order valence-corrected chi connectivity index (χ1v) is 8.66. The Bertz CT molecular complexity index is 747. The molecule has 0 radical (unpaired) electrons. The van der Waals surface area contributed by atoms with Gasteiger partial charge in [-0.05, 0) is 31.9 Å². The number of carbonyl (C=O) groups excluding carboxylic acids is 1. The summed E-state index contributed by atoms with van der Waals surface area (Å²) in [5.41, 5.74) is 8.16. The molecule has 1 saturated carbocycles. The van der Waals surface area contributed by atoms with Crippen LogP contribution < -0.4 is 5.73 Å². The molecule has 2 fully saturated rings. The first-order chi connectivity index (χ1) is 11.6. The van der Waals surface area contributed by atoms with Gasteiger partial charge in [-0.15, -0.1) is 0 Å². The minimum Gasteiger partial charge on any atom is -0.336 e. The van der Waals surface area contributed by atoms with Crippen LogP contribution >= 0.6 is 0 Å². The summed E-state index contributed by atoms with van der Waals surface area (Å²) in [6.07, 6.45) is 5.11. The lowest BCUT2D eigenvalue weighted by Gasteiger charge is -2.41. The molecule has 1 aromatic carbocycles. The van der Waals surface area contributed by atoms with Gasteiger partial charge in [-0.25, -0.2) is 9.67 Å². The minimum absolute atomic E-state index is 0.0812. The van der Waals surface area contributed by atoms with Gasteiger partial charge in [0.2, 0.25) is 0 Å². The highest BCUT2D eigenvalue weighted by Crippen LogP contribution is 2.47. The van der Waals surface area contributed by atoms with Crippen LogP contribution in [0.15, 0.2) is 30.6 Å². The van der Waals surface area contributed by atoms with Gasteiger partial charge in [0.25, 0.3) is 5.91 Å². The molecule has 1 spiro atoms. The zero-order chi connectivity index (χ0) is 16.7. The van der Waals surface area contributed by atoms with Crippen LogP contribution in [-0.2, 0) is 6.54 Å². The van der Waals surface area contributed by atoms with Crippen molar-refractivity contribution >= 4 is 5.91 Å². The third kappa shape index (κ3) is 2.33. The number of aryl methyl sites for hydroxylation is 1. The molecule has 2 heterocycles. The van der Waals surface area contributed by atoms with E-state index in [1.807, 2.05) is 40.8 Å². The highest BCUT2D eigenvalue weighted by molar-refractivity contribution is 5.95. The van der Waals surface area contributed by atoms with Crippen LogP contribution in [0.25, 0.3) is 11.4 Å². The Balaban J connectivity index is 1.52. The molecule has 126 valence electrons. The molecule has 2 N–H and O–H groups in total. The number of hydrogen-bond acceptors (Lipinski definition) is 4. The second kappa shape index (κ2) is 5.70. The zero-order valence-corrected chi connectivity index (χ0v) is 14.0. The van der Waals surface area contributed by atoms with Gasteiger partial charge < -0.3 is 10.6 Å². The normalized spacial score (nSPS) is 21.9. The Hall–Kier alpha value is -2.21. The van der Waals surface area contributed by atoms with Gasteiger partial charge in [-0.2, -0.15) is 5.10 Å². The second-order valence-corrected chi connectivity index (χ2v) is 6.98. The van der Waals surface area contributed by atoms with E-state index in [0.717, 1.165) is 37.3 Å². The summed E-state index contributed by atoms with van der Waals surface area (Å²) >= 11 is 0. The molecule has 6 heteroatoms. The fraction of sp³-hybridized carbons (Fsp3) is 0.500. The number of rotatable bonds is 3. The van der Waals surface area contributed by atoms with E-state index in [0.29, 0.717) is 12.1 Å². The fourth-order valence-corrected chi connectivity index (χ4v) is 3.97. The maximum absolute atomic E-state index is 12.8. The van der Waals surface area contributed by atoms with Crippen LogP contribution in [0.5, 0.6) is 0 Å². The maximum atomic E-state index is 12.8. The molecule has 1 amide bonds. The molecule has 2 aliphatic rings. The Morgan fingerprint density at radius 2 is 2.08 bits per heavy atom. The summed E-state index contributed by atoms with van der Waals surface area (Å²) in [6.45, 7) is 4.27. The molecule has 1 saturated heterocycles. The Morgan fingerprint density at radius 3 is 2.67 bits per heavy atom. The first kappa shape index (κ1) is 15.3. The summed E-state index contributed by atoms with van der Waals surface area (Å²) in [5.74, 6) is 0.908. The lowest BCUT2D eigenvalue weighted by atomic mass is 9.66. The average molecular weight is 325 g/mol. The van der Waals surface area contributed by atoms with Gasteiger partial charge in [0.1, 0.15) is 6.33 Å². The van der Waals surface area contributed by atoms with Gasteiger partial charge in [-0.1, -0.05) is 18.6 Å². The highest BCUT2D eigenvalue weighted by Gasteiger charge is 2.49. The molecule has 1 aromatic heterocycles. The zero-order valence-electron chi connectivity index (χ0n) is 14.0. The molecule has 6 nitrogen and oxygen atoms in total. The SMILES string of the molecule is CCn1ncnc1-c1ccc(C(=O)N2CC(N)C3(CCC3)C2)cc1. The van der Waals surface area contributed by atoms with E-state index >= 15 is 0 Å². The van der Waals surface area contributed by atoms with Gasteiger partial charge in [0.05, 0.1) is 0 Å². The van der Waals surface area contributed by atoms with E-state index in [2.05, 4.69) is 10.1 Å². The number of nitrogens with zero attached hydrogens (tertiary/aromatic N) is 4. The lowest BCUT2D eigenvalue weighted by molar-refractivity contribution is 0.0726. The number of nitrogens with two attached hydrogens (primary N) is 1. The van der Waals surface area contributed by atoms with Crippen LogP contribution in [-0.4, -0.2) is 44.7 Å². The molecule has 24 heavy (non-hydrogen) atoms. The van der Waals surface area contributed by atoms with Crippen molar-refractivity contribution in [3.05, 3.63) is 36.2 Å². The molecule has 1 aliphatic carbocycles. The Labute approximate surface area is 141 Å². The van der Waals surface area contributed by atoms with E-state index in [1.54, 1.807) is 6.33 Å². The van der Waals surface area contributed by atoms with Crippen LogP contribution in [0.1, 0.15) is 36.5 Å². The molecule has 4 rings (SSSR count). The Kier molecular flexibility index (Phi) is 3.64. The summed E-state index contributed by atoms with van der Waals surface area (Å²) in [4.78, 5) is 19.0. The smallest absolute Gasteiger partial charge is 0.253 e. The molecule has 1 atom stereocenters. The van der Waals surface area contributed by atoms with Crippen molar-refractivity contribution in [2.75, 3.05) is 13.1 Å². The maximum Gasteiger partial charge on any atom is 0.253 e. The molecular formula is C18H23N5O. The molecule has 1 aliphatic heterocycles. The third-order valence-corrected chi connectivity index (χ3v) is 5.65. The minimum atomic E-state index is 0.0812. The first-order valence-electron chi connectivity index (χ1n) is 8.66. The predicted octanol–water partition coefficient (Wildman–Crippen LogP) is 1.92. The van der Waals surface area contributed by atoms with Crippen molar-refractivity contribution in [2.45, 2.75) is 38.8 Å². The third-order valence-electron chi connectivity index (χ3n) is 5.65. The van der Waals surface area contributed by atoms with E-state index < -0.39 is 0 Å². The van der Waals surface area contributed by atoms with Crippen LogP contribution in [0.2, 0.25) is 0 Å². The van der Waals surface area contributed by atoms with Crippen molar-refractivity contribution in [1.82, 2.24) is 19.7 Å². The van der Waals surface area contributed by atoms with Crippen molar-refractivity contribution in [1.29, 1.82) is 0 Å².